The lowest BCUT2D eigenvalue weighted by atomic mass is 10.1. The summed E-state index contributed by atoms with van der Waals surface area (Å²) in [6.45, 7) is 1.21. The molecule has 146 valence electrons. The zero-order valence-electron chi connectivity index (χ0n) is 14.8. The first-order valence-corrected chi connectivity index (χ1v) is 8.23. The van der Waals surface area contributed by atoms with Gasteiger partial charge in [0.2, 0.25) is 0 Å². The molecular weight excluding hydrogens is 363 g/mol. The summed E-state index contributed by atoms with van der Waals surface area (Å²) in [5.41, 5.74) is 0.810. The van der Waals surface area contributed by atoms with Crippen LogP contribution in [0.4, 0.5) is 13.2 Å². The maximum absolute atomic E-state index is 12.2. The van der Waals surface area contributed by atoms with Crippen molar-refractivity contribution in [3.63, 3.8) is 0 Å². The van der Waals surface area contributed by atoms with E-state index in [-0.39, 0.29) is 17.1 Å². The monoisotopic (exact) mass is 383 g/mol. The summed E-state index contributed by atoms with van der Waals surface area (Å²) in [6.07, 6.45) is -5.92. The highest BCUT2D eigenvalue weighted by Gasteiger charge is 2.27. The predicted octanol–water partition coefficient (Wildman–Crippen LogP) is 3.20. The molecule has 0 radical (unpaired) electrons. The lowest BCUT2D eigenvalue weighted by Gasteiger charge is -2.14. The van der Waals surface area contributed by atoms with Crippen LogP contribution in [0.15, 0.2) is 36.4 Å². The van der Waals surface area contributed by atoms with E-state index in [2.05, 4.69) is 15.6 Å². The fourth-order valence-electron chi connectivity index (χ4n) is 2.34. The van der Waals surface area contributed by atoms with Gasteiger partial charge < -0.3 is 20.4 Å². The lowest BCUT2D eigenvalue weighted by molar-refractivity contribution is -0.133. The van der Waals surface area contributed by atoms with E-state index in [4.69, 9.17) is 4.74 Å². The molecule has 1 heterocycles. The van der Waals surface area contributed by atoms with Crippen LogP contribution in [-0.4, -0.2) is 36.6 Å². The number of halogens is 3. The van der Waals surface area contributed by atoms with Crippen molar-refractivity contribution in [2.45, 2.75) is 25.6 Å². The van der Waals surface area contributed by atoms with Gasteiger partial charge in [0.15, 0.2) is 5.75 Å². The number of H-pyrrole nitrogens is 1. The number of aromatic nitrogens is 1. The Bertz CT molecular complexity index is 788. The number of benzene rings is 1. The highest BCUT2D eigenvalue weighted by Crippen LogP contribution is 2.26. The maximum atomic E-state index is 12.2. The van der Waals surface area contributed by atoms with Crippen LogP contribution in [0.2, 0.25) is 0 Å². The first kappa shape index (κ1) is 20.3. The van der Waals surface area contributed by atoms with Crippen LogP contribution in [0.25, 0.3) is 0 Å². The molecule has 0 saturated heterocycles. The number of carbonyl (C=O) groups excluding carboxylic acids is 2. The van der Waals surface area contributed by atoms with Gasteiger partial charge in [-0.25, -0.2) is 0 Å². The molecule has 2 aromatic rings. The average Bonchev–Trinajstić information content (AvgIpc) is 3.04. The Morgan fingerprint density at radius 2 is 1.85 bits per heavy atom. The van der Waals surface area contributed by atoms with Crippen molar-refractivity contribution in [2.75, 3.05) is 13.6 Å². The number of hydrogen-bond acceptors (Lipinski definition) is 3. The summed E-state index contributed by atoms with van der Waals surface area (Å²) in [7, 11) is 1.41. The lowest BCUT2D eigenvalue weighted by Crippen LogP contribution is -2.28. The molecule has 1 aromatic carbocycles. The van der Waals surface area contributed by atoms with Crippen molar-refractivity contribution >= 4 is 11.8 Å². The van der Waals surface area contributed by atoms with E-state index in [9.17, 15) is 22.8 Å². The Morgan fingerprint density at radius 3 is 2.44 bits per heavy atom. The highest BCUT2D eigenvalue weighted by molar-refractivity contribution is 5.99. The van der Waals surface area contributed by atoms with Crippen LogP contribution < -0.4 is 15.4 Å². The van der Waals surface area contributed by atoms with Crippen LogP contribution in [-0.2, 0) is 0 Å². The van der Waals surface area contributed by atoms with Crippen molar-refractivity contribution in [1.82, 2.24) is 15.6 Å². The summed E-state index contributed by atoms with van der Waals surface area (Å²) >= 11 is 0. The summed E-state index contributed by atoms with van der Waals surface area (Å²) in [4.78, 5) is 26.7. The summed E-state index contributed by atoms with van der Waals surface area (Å²) < 4.78 is 42.4. The van der Waals surface area contributed by atoms with Crippen molar-refractivity contribution in [1.29, 1.82) is 0 Å². The van der Waals surface area contributed by atoms with E-state index < -0.39 is 37.1 Å². The standard InChI is InChI=1S/C18H20F3N3O3/c1-11(12-6-4-3-5-7-12)27-14-10-13(24-15(14)17(26)22-2)16(25)23-9-8-18(19,20)21/h3-7,10-11,24H,8-9H2,1-2H3,(H,22,26)(H,23,25)/t11-/m0/s1. The van der Waals surface area contributed by atoms with E-state index in [1.54, 1.807) is 6.92 Å². The fraction of sp³-hybridized carbons (Fsp3) is 0.333. The van der Waals surface area contributed by atoms with Gasteiger partial charge in [-0.3, -0.25) is 9.59 Å². The van der Waals surface area contributed by atoms with Crippen molar-refractivity contribution in [3.8, 4) is 5.75 Å². The maximum Gasteiger partial charge on any atom is 0.390 e. The molecule has 0 aliphatic heterocycles. The molecule has 0 aliphatic carbocycles. The van der Waals surface area contributed by atoms with Gasteiger partial charge in [0.1, 0.15) is 17.5 Å². The van der Waals surface area contributed by atoms with E-state index in [1.165, 1.54) is 13.1 Å². The van der Waals surface area contributed by atoms with Gasteiger partial charge in [0.25, 0.3) is 11.8 Å². The van der Waals surface area contributed by atoms with E-state index >= 15 is 0 Å². The van der Waals surface area contributed by atoms with Crippen molar-refractivity contribution in [2.24, 2.45) is 0 Å². The van der Waals surface area contributed by atoms with Gasteiger partial charge in [-0.2, -0.15) is 13.2 Å². The Hall–Kier alpha value is -2.97. The Labute approximate surface area is 154 Å². The Kier molecular flexibility index (Phi) is 6.49. The van der Waals surface area contributed by atoms with E-state index in [1.807, 2.05) is 30.3 Å². The number of carbonyl (C=O) groups is 2. The van der Waals surface area contributed by atoms with Crippen LogP contribution in [0.3, 0.4) is 0 Å². The second kappa shape index (κ2) is 8.61. The van der Waals surface area contributed by atoms with Crippen molar-refractivity contribution < 1.29 is 27.5 Å². The van der Waals surface area contributed by atoms with Crippen LogP contribution >= 0.6 is 0 Å². The molecule has 27 heavy (non-hydrogen) atoms. The van der Waals surface area contributed by atoms with Crippen LogP contribution in [0.5, 0.6) is 5.75 Å². The SMILES string of the molecule is CNC(=O)c1[nH]c(C(=O)NCCC(F)(F)F)cc1O[C@@H](C)c1ccccc1. The first-order valence-electron chi connectivity index (χ1n) is 8.23. The highest BCUT2D eigenvalue weighted by atomic mass is 19.4. The summed E-state index contributed by atoms with van der Waals surface area (Å²) in [5.74, 6) is -1.14. The number of ether oxygens (including phenoxy) is 1. The molecule has 1 aromatic heterocycles. The molecule has 2 amide bonds. The molecule has 2 rings (SSSR count). The number of alkyl halides is 3. The molecule has 0 unspecified atom stereocenters. The molecule has 0 saturated carbocycles. The number of aromatic amines is 1. The topological polar surface area (TPSA) is 83.2 Å². The number of hydrogen-bond donors (Lipinski definition) is 3. The summed E-state index contributed by atoms with van der Waals surface area (Å²) in [6, 6.07) is 10.5. The van der Waals surface area contributed by atoms with Gasteiger partial charge in [-0.05, 0) is 12.5 Å². The Morgan fingerprint density at radius 1 is 1.19 bits per heavy atom. The first-order chi connectivity index (χ1) is 12.7. The molecule has 6 nitrogen and oxygen atoms in total. The van der Waals surface area contributed by atoms with Gasteiger partial charge in [0, 0.05) is 19.7 Å². The second-order valence-corrected chi connectivity index (χ2v) is 5.79. The summed E-state index contributed by atoms with van der Waals surface area (Å²) in [5, 5.41) is 4.58. The minimum Gasteiger partial charge on any atom is -0.484 e. The zero-order chi connectivity index (χ0) is 20.0. The normalized spacial score (nSPS) is 12.3. The average molecular weight is 383 g/mol. The second-order valence-electron chi connectivity index (χ2n) is 5.79. The van der Waals surface area contributed by atoms with E-state index in [0.29, 0.717) is 0 Å². The van der Waals surface area contributed by atoms with Gasteiger partial charge in [-0.15, -0.1) is 0 Å². The fourth-order valence-corrected chi connectivity index (χ4v) is 2.34. The number of nitrogens with one attached hydrogen (secondary N) is 3. The molecule has 0 bridgehead atoms. The molecule has 0 aliphatic rings. The van der Waals surface area contributed by atoms with Crippen LogP contribution in [0.1, 0.15) is 46.0 Å². The van der Waals surface area contributed by atoms with Crippen LogP contribution in [0, 0.1) is 0 Å². The third-order valence-electron chi connectivity index (χ3n) is 3.75. The minimum atomic E-state index is -4.37. The molecular formula is C18H20F3N3O3. The third-order valence-corrected chi connectivity index (χ3v) is 3.75. The number of amides is 2. The van der Waals surface area contributed by atoms with Crippen molar-refractivity contribution in [3.05, 3.63) is 53.3 Å². The zero-order valence-corrected chi connectivity index (χ0v) is 14.8. The van der Waals surface area contributed by atoms with E-state index in [0.717, 1.165) is 5.56 Å². The third kappa shape index (κ3) is 5.77. The largest absolute Gasteiger partial charge is 0.484 e. The molecule has 0 spiro atoms. The smallest absolute Gasteiger partial charge is 0.390 e. The number of rotatable bonds is 7. The Balaban J connectivity index is 2.16. The van der Waals surface area contributed by atoms with Gasteiger partial charge in [0.05, 0.1) is 6.42 Å². The van der Waals surface area contributed by atoms with Gasteiger partial charge >= 0.3 is 6.18 Å². The molecule has 3 N–H and O–H groups in total. The quantitative estimate of drug-likeness (QED) is 0.687. The molecule has 9 heteroatoms. The molecule has 1 atom stereocenters. The van der Waals surface area contributed by atoms with Gasteiger partial charge in [-0.1, -0.05) is 30.3 Å². The molecule has 0 fully saturated rings. The minimum absolute atomic E-state index is 0.0150. The predicted molar refractivity (Wildman–Crippen MR) is 92.7 cm³/mol.